The first kappa shape index (κ1) is 49.8. The summed E-state index contributed by atoms with van der Waals surface area (Å²) in [6, 6.07) is 0. The highest BCUT2D eigenvalue weighted by Crippen LogP contribution is 2.42. The van der Waals surface area contributed by atoms with Gasteiger partial charge in [0.25, 0.3) is 0 Å². The summed E-state index contributed by atoms with van der Waals surface area (Å²) in [5.41, 5.74) is 0. The number of carbonyl (C=O) groups excluding carboxylic acids is 2. The lowest BCUT2D eigenvalue weighted by Crippen LogP contribution is -2.29. The largest absolute Gasteiger partial charge is 0.472 e. The van der Waals surface area contributed by atoms with E-state index in [0.717, 1.165) is 97.0 Å². The van der Waals surface area contributed by atoms with Crippen LogP contribution in [0.15, 0.2) is 60.8 Å². The van der Waals surface area contributed by atoms with Crippen molar-refractivity contribution in [3.8, 4) is 0 Å². The quantitative estimate of drug-likeness (QED) is 0.0289. The number of allylic oxidation sites excluding steroid dienone is 10. The summed E-state index contributed by atoms with van der Waals surface area (Å²) < 4.78 is 31.9. The number of esters is 2. The van der Waals surface area contributed by atoms with E-state index in [1.165, 1.54) is 51.4 Å². The summed E-state index contributed by atoms with van der Waals surface area (Å²) in [4.78, 5) is 34.4. The zero-order chi connectivity index (χ0) is 38.2. The van der Waals surface area contributed by atoms with Crippen molar-refractivity contribution in [1.82, 2.24) is 0 Å². The molecule has 1 N–H and O–H groups in total. The van der Waals surface area contributed by atoms with Crippen LogP contribution in [-0.2, 0) is 32.7 Å². The summed E-state index contributed by atoms with van der Waals surface area (Å²) in [7, 11) is -3.21. The number of hydrogen-bond acceptors (Lipinski definition) is 7. The minimum atomic E-state index is -4.26. The fraction of sp³-hybridized carbons (Fsp3) is 0.721. The van der Waals surface area contributed by atoms with Gasteiger partial charge in [-0.05, 0) is 77.0 Å². The Balaban J connectivity index is 4.03. The van der Waals surface area contributed by atoms with Gasteiger partial charge in [0.2, 0.25) is 0 Å². The number of carbonyl (C=O) groups is 2. The van der Waals surface area contributed by atoms with Crippen LogP contribution in [0.4, 0.5) is 0 Å². The predicted molar refractivity (Wildman–Crippen MR) is 216 cm³/mol. The smallest absolute Gasteiger partial charge is 0.462 e. The van der Waals surface area contributed by atoms with E-state index >= 15 is 0 Å². The van der Waals surface area contributed by atoms with Crippen molar-refractivity contribution in [3.05, 3.63) is 60.8 Å². The standard InChI is InChI=1S/C43H75O8P/c1-4-6-8-10-12-14-16-18-19-20-21-22-23-24-25-26-28-30-32-34-36-38-43(45)51-41(40-50-52(46,47)48-3)39-49-42(44)37-35-33-31-29-27-17-15-13-11-9-7-5-2/h6,8,12-15,18-19,21-22,41H,4-5,7,9-11,16-17,20,23-40H2,1-3H3,(H,46,47)/b8-6-,14-12-,15-13-,19-18-,22-21-. The molecular weight excluding hydrogens is 675 g/mol. The number of rotatable bonds is 37. The molecule has 2 atom stereocenters. The average Bonchev–Trinajstić information content (AvgIpc) is 3.13. The highest BCUT2D eigenvalue weighted by molar-refractivity contribution is 7.47. The Morgan fingerprint density at radius 2 is 0.981 bits per heavy atom. The number of phosphoric acid groups is 1. The lowest BCUT2D eigenvalue weighted by atomic mass is 10.1. The maximum absolute atomic E-state index is 12.5. The summed E-state index contributed by atoms with van der Waals surface area (Å²) in [5.74, 6) is -0.828. The maximum atomic E-state index is 12.5. The Kier molecular flexibility index (Phi) is 36.8. The van der Waals surface area contributed by atoms with Crippen LogP contribution < -0.4 is 0 Å². The molecule has 0 fully saturated rings. The van der Waals surface area contributed by atoms with E-state index in [-0.39, 0.29) is 25.4 Å². The third kappa shape index (κ3) is 37.5. The van der Waals surface area contributed by atoms with E-state index in [1.807, 2.05) is 0 Å². The van der Waals surface area contributed by atoms with E-state index in [2.05, 4.69) is 79.1 Å². The van der Waals surface area contributed by atoms with Gasteiger partial charge in [-0.2, -0.15) is 0 Å². The highest BCUT2D eigenvalue weighted by atomic mass is 31.2. The van der Waals surface area contributed by atoms with Gasteiger partial charge in [0, 0.05) is 20.0 Å². The van der Waals surface area contributed by atoms with Gasteiger partial charge in [-0.3, -0.25) is 18.6 Å². The molecule has 0 aromatic rings. The molecule has 0 saturated carbocycles. The minimum Gasteiger partial charge on any atom is -0.462 e. The first-order valence-corrected chi connectivity index (χ1v) is 22.0. The Bertz CT molecular complexity index is 1030. The van der Waals surface area contributed by atoms with E-state index < -0.39 is 26.5 Å². The van der Waals surface area contributed by atoms with Crippen molar-refractivity contribution in [2.45, 2.75) is 180 Å². The van der Waals surface area contributed by atoms with Crippen molar-refractivity contribution < 1.29 is 37.6 Å². The molecule has 0 aromatic heterocycles. The van der Waals surface area contributed by atoms with E-state index in [0.29, 0.717) is 6.42 Å². The van der Waals surface area contributed by atoms with Crippen LogP contribution in [0.1, 0.15) is 174 Å². The van der Waals surface area contributed by atoms with Crippen molar-refractivity contribution in [2.24, 2.45) is 0 Å². The van der Waals surface area contributed by atoms with Crippen LogP contribution in [0.2, 0.25) is 0 Å². The molecule has 9 heteroatoms. The molecule has 0 bridgehead atoms. The monoisotopic (exact) mass is 751 g/mol. The zero-order valence-electron chi connectivity index (χ0n) is 33.2. The lowest BCUT2D eigenvalue weighted by Gasteiger charge is -2.19. The average molecular weight is 751 g/mol. The van der Waals surface area contributed by atoms with Gasteiger partial charge in [0.15, 0.2) is 6.10 Å². The van der Waals surface area contributed by atoms with Gasteiger partial charge in [-0.15, -0.1) is 0 Å². The summed E-state index contributed by atoms with van der Waals surface area (Å²) in [6.07, 6.45) is 47.0. The summed E-state index contributed by atoms with van der Waals surface area (Å²) in [6.45, 7) is 3.73. The molecular formula is C43H75O8P. The van der Waals surface area contributed by atoms with Crippen LogP contribution >= 0.6 is 7.82 Å². The number of phosphoric ester groups is 1. The van der Waals surface area contributed by atoms with Crippen LogP contribution in [0.5, 0.6) is 0 Å². The van der Waals surface area contributed by atoms with Crippen LogP contribution in [-0.4, -0.2) is 43.3 Å². The first-order valence-electron chi connectivity index (χ1n) is 20.5. The molecule has 0 aliphatic rings. The second-order valence-electron chi connectivity index (χ2n) is 13.4. The van der Waals surface area contributed by atoms with Gasteiger partial charge in [-0.25, -0.2) is 4.57 Å². The van der Waals surface area contributed by atoms with Crippen molar-refractivity contribution in [3.63, 3.8) is 0 Å². The second kappa shape index (κ2) is 38.5. The molecule has 0 radical (unpaired) electrons. The van der Waals surface area contributed by atoms with Crippen molar-refractivity contribution in [1.29, 1.82) is 0 Å². The SMILES string of the molecule is CC/C=C\C/C=C\C/C=C\C/C=C\CCCCCCCCCCC(=O)OC(COC(=O)CCCCCCC/C=C\CCCCC)COP(=O)(O)OC. The molecule has 2 unspecified atom stereocenters. The summed E-state index contributed by atoms with van der Waals surface area (Å²) >= 11 is 0. The Hall–Kier alpha value is -2.25. The molecule has 0 amide bonds. The molecule has 0 saturated heterocycles. The van der Waals surface area contributed by atoms with Gasteiger partial charge >= 0.3 is 19.8 Å². The Labute approximate surface area is 318 Å². The van der Waals surface area contributed by atoms with Crippen LogP contribution in [0, 0.1) is 0 Å². The number of ether oxygens (including phenoxy) is 2. The number of unbranched alkanes of at least 4 members (excludes halogenated alkanes) is 16. The van der Waals surface area contributed by atoms with Crippen molar-refractivity contribution >= 4 is 19.8 Å². The van der Waals surface area contributed by atoms with Gasteiger partial charge in [-0.1, -0.05) is 145 Å². The fourth-order valence-electron chi connectivity index (χ4n) is 5.35. The molecule has 0 spiro atoms. The third-order valence-electron chi connectivity index (χ3n) is 8.50. The Morgan fingerprint density at radius 1 is 0.558 bits per heavy atom. The molecule has 0 aliphatic heterocycles. The van der Waals surface area contributed by atoms with E-state index in [4.69, 9.17) is 14.0 Å². The fourth-order valence-corrected chi connectivity index (χ4v) is 5.81. The highest BCUT2D eigenvalue weighted by Gasteiger charge is 2.24. The summed E-state index contributed by atoms with van der Waals surface area (Å²) in [5, 5.41) is 0. The van der Waals surface area contributed by atoms with Crippen LogP contribution in [0.3, 0.4) is 0 Å². The van der Waals surface area contributed by atoms with Gasteiger partial charge in [0.1, 0.15) is 6.61 Å². The predicted octanol–water partition coefficient (Wildman–Crippen LogP) is 12.8. The molecule has 300 valence electrons. The second-order valence-corrected chi connectivity index (χ2v) is 14.9. The molecule has 0 aliphatic carbocycles. The topological polar surface area (TPSA) is 108 Å². The normalized spacial score (nSPS) is 14.0. The van der Waals surface area contributed by atoms with E-state index in [9.17, 15) is 19.0 Å². The zero-order valence-corrected chi connectivity index (χ0v) is 34.1. The van der Waals surface area contributed by atoms with E-state index in [1.54, 1.807) is 0 Å². The molecule has 0 heterocycles. The van der Waals surface area contributed by atoms with Gasteiger partial charge < -0.3 is 14.4 Å². The molecule has 52 heavy (non-hydrogen) atoms. The maximum Gasteiger partial charge on any atom is 0.472 e. The van der Waals surface area contributed by atoms with Crippen molar-refractivity contribution in [2.75, 3.05) is 20.3 Å². The Morgan fingerprint density at radius 3 is 1.48 bits per heavy atom. The molecule has 8 nitrogen and oxygen atoms in total. The molecule has 0 aromatic carbocycles. The lowest BCUT2D eigenvalue weighted by molar-refractivity contribution is -0.161. The minimum absolute atomic E-state index is 0.231. The number of hydrogen-bond donors (Lipinski definition) is 1. The van der Waals surface area contributed by atoms with Gasteiger partial charge in [0.05, 0.1) is 6.61 Å². The third-order valence-corrected chi connectivity index (χ3v) is 9.43. The van der Waals surface area contributed by atoms with Crippen LogP contribution in [0.25, 0.3) is 0 Å². The first-order chi connectivity index (χ1) is 25.3. The molecule has 0 rings (SSSR count).